The quantitative estimate of drug-likeness (QED) is 0.802. The summed E-state index contributed by atoms with van der Waals surface area (Å²) < 4.78 is 0. The molecule has 0 aliphatic carbocycles. The molecule has 1 aromatic carbocycles. The first-order valence-corrected chi connectivity index (χ1v) is 10.9. The highest BCUT2D eigenvalue weighted by Crippen LogP contribution is 2.34. The summed E-state index contributed by atoms with van der Waals surface area (Å²) in [5.41, 5.74) is 1.06. The lowest BCUT2D eigenvalue weighted by atomic mass is 10.1. The van der Waals surface area contributed by atoms with E-state index >= 15 is 0 Å². The predicted molar refractivity (Wildman–Crippen MR) is 108 cm³/mol. The van der Waals surface area contributed by atoms with Gasteiger partial charge in [-0.2, -0.15) is 0 Å². The molecule has 0 bridgehead atoms. The summed E-state index contributed by atoms with van der Waals surface area (Å²) in [5.74, 6) is 0.545. The van der Waals surface area contributed by atoms with E-state index < -0.39 is 6.04 Å². The summed E-state index contributed by atoms with van der Waals surface area (Å²) in [7, 11) is 0. The van der Waals surface area contributed by atoms with Crippen molar-refractivity contribution in [2.75, 3.05) is 5.75 Å². The number of nitrogens with zero attached hydrogens (tertiary/aromatic N) is 1. The molecule has 0 radical (unpaired) electrons. The van der Waals surface area contributed by atoms with Gasteiger partial charge in [0.05, 0.1) is 16.3 Å². The van der Waals surface area contributed by atoms with Gasteiger partial charge in [-0.25, -0.2) is 0 Å². The zero-order valence-corrected chi connectivity index (χ0v) is 16.7. The Morgan fingerprint density at radius 1 is 1.23 bits per heavy atom. The van der Waals surface area contributed by atoms with Crippen LogP contribution in [0, 0.1) is 0 Å². The molecule has 4 nitrogen and oxygen atoms in total. The first-order chi connectivity index (χ1) is 12.6. The van der Waals surface area contributed by atoms with E-state index in [0.29, 0.717) is 10.6 Å². The van der Waals surface area contributed by atoms with E-state index in [2.05, 4.69) is 12.2 Å². The van der Waals surface area contributed by atoms with Crippen LogP contribution >= 0.6 is 23.1 Å². The van der Waals surface area contributed by atoms with E-state index in [1.807, 2.05) is 54.8 Å². The van der Waals surface area contributed by atoms with E-state index in [4.69, 9.17) is 0 Å². The third kappa shape index (κ3) is 4.13. The Kier molecular flexibility index (Phi) is 6.38. The summed E-state index contributed by atoms with van der Waals surface area (Å²) >= 11 is 3.14. The summed E-state index contributed by atoms with van der Waals surface area (Å²) in [4.78, 5) is 28.5. The molecule has 1 saturated heterocycles. The minimum absolute atomic E-state index is 0.0315. The SMILES string of the molecule is CCCC1SCC(C(=O)NC(C)c2ccccc2)N1C(=O)c1cccs1. The Bertz CT molecular complexity index is 734. The Morgan fingerprint density at radius 2 is 2.00 bits per heavy atom. The maximum absolute atomic E-state index is 13.0. The molecular formula is C20H24N2O2S2. The molecule has 1 aliphatic heterocycles. The van der Waals surface area contributed by atoms with Gasteiger partial charge in [0.2, 0.25) is 5.91 Å². The highest BCUT2D eigenvalue weighted by molar-refractivity contribution is 8.00. The van der Waals surface area contributed by atoms with Crippen LogP contribution in [0.2, 0.25) is 0 Å². The second kappa shape index (κ2) is 8.73. The highest BCUT2D eigenvalue weighted by Gasteiger charge is 2.41. The molecule has 3 rings (SSSR count). The number of benzene rings is 1. The molecule has 0 spiro atoms. The van der Waals surface area contributed by atoms with Crippen molar-refractivity contribution in [2.24, 2.45) is 0 Å². The average molecular weight is 389 g/mol. The molecule has 2 amide bonds. The first-order valence-electron chi connectivity index (χ1n) is 8.95. The molecule has 1 aromatic heterocycles. The van der Waals surface area contributed by atoms with Crippen molar-refractivity contribution in [3.63, 3.8) is 0 Å². The Balaban J connectivity index is 1.76. The first kappa shape index (κ1) is 19.0. The van der Waals surface area contributed by atoms with Gasteiger partial charge in [-0.05, 0) is 30.4 Å². The van der Waals surface area contributed by atoms with Crippen molar-refractivity contribution < 1.29 is 9.59 Å². The van der Waals surface area contributed by atoms with Crippen LogP contribution in [0.3, 0.4) is 0 Å². The largest absolute Gasteiger partial charge is 0.348 e. The van der Waals surface area contributed by atoms with Crippen molar-refractivity contribution in [1.29, 1.82) is 0 Å². The molecule has 1 fully saturated rings. The van der Waals surface area contributed by atoms with Crippen LogP contribution in [-0.2, 0) is 4.79 Å². The van der Waals surface area contributed by atoms with Crippen LogP contribution < -0.4 is 5.32 Å². The lowest BCUT2D eigenvalue weighted by Gasteiger charge is -2.29. The van der Waals surface area contributed by atoms with Gasteiger partial charge in [0.15, 0.2) is 0 Å². The minimum Gasteiger partial charge on any atom is -0.348 e. The second-order valence-corrected chi connectivity index (χ2v) is 8.58. The van der Waals surface area contributed by atoms with Crippen molar-refractivity contribution in [2.45, 2.75) is 44.1 Å². The van der Waals surface area contributed by atoms with Gasteiger partial charge in [-0.15, -0.1) is 23.1 Å². The van der Waals surface area contributed by atoms with Crippen molar-refractivity contribution in [3.8, 4) is 0 Å². The number of hydrogen-bond acceptors (Lipinski definition) is 4. The van der Waals surface area contributed by atoms with E-state index in [9.17, 15) is 9.59 Å². The number of amides is 2. The Morgan fingerprint density at radius 3 is 2.65 bits per heavy atom. The molecule has 26 heavy (non-hydrogen) atoms. The Labute approximate surface area is 163 Å². The predicted octanol–water partition coefficient (Wildman–Crippen LogP) is 4.31. The molecule has 6 heteroatoms. The van der Waals surface area contributed by atoms with Crippen molar-refractivity contribution in [1.82, 2.24) is 10.2 Å². The van der Waals surface area contributed by atoms with Gasteiger partial charge in [0, 0.05) is 5.75 Å². The second-order valence-electron chi connectivity index (χ2n) is 6.42. The van der Waals surface area contributed by atoms with Crippen LogP contribution in [0.1, 0.15) is 48.0 Å². The van der Waals surface area contributed by atoms with E-state index in [-0.39, 0.29) is 23.2 Å². The average Bonchev–Trinajstić information content (AvgIpc) is 3.32. The summed E-state index contributed by atoms with van der Waals surface area (Å²) in [6, 6.07) is 13.1. The molecule has 0 saturated carbocycles. The number of hydrogen-bond donors (Lipinski definition) is 1. The lowest BCUT2D eigenvalue weighted by molar-refractivity contribution is -0.125. The van der Waals surface area contributed by atoms with E-state index in [0.717, 1.165) is 18.4 Å². The number of carbonyl (C=O) groups excluding carboxylic acids is 2. The molecule has 3 atom stereocenters. The van der Waals surface area contributed by atoms with Crippen LogP contribution in [0.4, 0.5) is 0 Å². The molecule has 1 N–H and O–H groups in total. The Hall–Kier alpha value is -1.79. The maximum atomic E-state index is 13.0. The monoisotopic (exact) mass is 388 g/mol. The van der Waals surface area contributed by atoms with E-state index in [1.54, 1.807) is 16.7 Å². The fraction of sp³-hybridized carbons (Fsp3) is 0.400. The third-order valence-electron chi connectivity index (χ3n) is 4.56. The standard InChI is InChI=1S/C20H24N2O2S2/c1-3-8-18-22(20(24)17-11-7-12-25-17)16(13-26-18)19(23)21-14(2)15-9-5-4-6-10-15/h4-7,9-12,14,16,18H,3,8,13H2,1-2H3,(H,21,23). The molecule has 1 aliphatic rings. The van der Waals surface area contributed by atoms with Gasteiger partial charge >= 0.3 is 0 Å². The van der Waals surface area contributed by atoms with Gasteiger partial charge < -0.3 is 10.2 Å². The van der Waals surface area contributed by atoms with Gasteiger partial charge in [-0.3, -0.25) is 9.59 Å². The number of thiophene rings is 1. The smallest absolute Gasteiger partial charge is 0.265 e. The maximum Gasteiger partial charge on any atom is 0.265 e. The summed E-state index contributed by atoms with van der Waals surface area (Å²) in [6.45, 7) is 4.09. The normalized spacial score (nSPS) is 20.8. The number of thioether (sulfide) groups is 1. The number of carbonyl (C=O) groups is 2. The third-order valence-corrected chi connectivity index (χ3v) is 6.77. The van der Waals surface area contributed by atoms with Crippen molar-refractivity contribution in [3.05, 3.63) is 58.3 Å². The number of rotatable bonds is 6. The highest BCUT2D eigenvalue weighted by atomic mass is 32.2. The fourth-order valence-electron chi connectivity index (χ4n) is 3.17. The lowest BCUT2D eigenvalue weighted by Crippen LogP contribution is -2.50. The summed E-state index contributed by atoms with van der Waals surface area (Å²) in [6.07, 6.45) is 1.89. The number of nitrogens with one attached hydrogen (secondary N) is 1. The van der Waals surface area contributed by atoms with Crippen LogP contribution in [0.15, 0.2) is 47.8 Å². The molecular weight excluding hydrogens is 364 g/mol. The van der Waals surface area contributed by atoms with Gasteiger partial charge in [0.25, 0.3) is 5.91 Å². The van der Waals surface area contributed by atoms with E-state index in [1.165, 1.54) is 11.3 Å². The zero-order chi connectivity index (χ0) is 18.5. The van der Waals surface area contributed by atoms with Gasteiger partial charge in [0.1, 0.15) is 6.04 Å². The van der Waals surface area contributed by atoms with Crippen molar-refractivity contribution >= 4 is 34.9 Å². The van der Waals surface area contributed by atoms with Gasteiger partial charge in [-0.1, -0.05) is 49.7 Å². The topological polar surface area (TPSA) is 49.4 Å². The molecule has 2 heterocycles. The minimum atomic E-state index is -0.419. The zero-order valence-electron chi connectivity index (χ0n) is 15.1. The molecule has 2 aromatic rings. The fourth-order valence-corrected chi connectivity index (χ4v) is 5.36. The van der Waals surface area contributed by atoms with Crippen LogP contribution in [-0.4, -0.2) is 33.9 Å². The summed E-state index contributed by atoms with van der Waals surface area (Å²) in [5, 5.41) is 5.06. The molecule has 138 valence electrons. The molecule has 3 unspecified atom stereocenters. The van der Waals surface area contributed by atoms with Crippen LogP contribution in [0.5, 0.6) is 0 Å². The van der Waals surface area contributed by atoms with Crippen LogP contribution in [0.25, 0.3) is 0 Å².